The summed E-state index contributed by atoms with van der Waals surface area (Å²) in [6.45, 7) is 10.2. The first-order chi connectivity index (χ1) is 7.13. The Kier molecular flexibility index (Phi) is 4.10. The molecule has 0 saturated heterocycles. The van der Waals surface area contributed by atoms with Crippen LogP contribution in [0.2, 0.25) is 0 Å². The maximum atomic E-state index is 9.01. The molecule has 0 aliphatic carbocycles. The van der Waals surface area contributed by atoms with Gasteiger partial charge in [0.25, 0.3) is 0 Å². The van der Waals surface area contributed by atoms with E-state index in [2.05, 4.69) is 43.6 Å². The van der Waals surface area contributed by atoms with E-state index in [0.29, 0.717) is 5.92 Å². The summed E-state index contributed by atoms with van der Waals surface area (Å²) >= 11 is 1.50. The monoisotopic (exact) mass is 223 g/mol. The topological polar surface area (TPSA) is 39.9 Å². The molecule has 1 aromatic heterocycles. The van der Waals surface area contributed by atoms with Gasteiger partial charge in [-0.3, -0.25) is 0 Å². The zero-order valence-corrected chi connectivity index (χ0v) is 10.6. The van der Waals surface area contributed by atoms with Gasteiger partial charge in [-0.1, -0.05) is 25.2 Å². The van der Waals surface area contributed by atoms with E-state index in [1.54, 1.807) is 0 Å². The summed E-state index contributed by atoms with van der Waals surface area (Å²) in [5.41, 5.74) is 0.935. The van der Waals surface area contributed by atoms with E-state index in [1.165, 1.54) is 11.3 Å². The molecule has 4 heteroatoms. The summed E-state index contributed by atoms with van der Waals surface area (Å²) in [5.74, 6) is 0.320. The van der Waals surface area contributed by atoms with Crippen LogP contribution in [-0.2, 0) is 0 Å². The standard InChI is InChI=1S/C11H17N3S/c1-5-14(6-2)11-13-10(8(3)4)9(7-12)15-11/h8H,5-6H2,1-4H3. The number of hydrogen-bond acceptors (Lipinski definition) is 4. The lowest BCUT2D eigenvalue weighted by atomic mass is 10.1. The third-order valence-electron chi connectivity index (χ3n) is 2.32. The SMILES string of the molecule is CCN(CC)c1nc(C(C)C)c(C#N)s1. The molecule has 1 heterocycles. The van der Waals surface area contributed by atoms with Gasteiger partial charge in [-0.15, -0.1) is 0 Å². The van der Waals surface area contributed by atoms with Gasteiger partial charge < -0.3 is 4.90 Å². The molecular formula is C11H17N3S. The normalized spacial score (nSPS) is 10.4. The molecule has 0 bridgehead atoms. The molecule has 15 heavy (non-hydrogen) atoms. The predicted molar refractivity (Wildman–Crippen MR) is 64.5 cm³/mol. The molecule has 0 fully saturated rings. The minimum atomic E-state index is 0.320. The molecule has 0 unspecified atom stereocenters. The Bertz CT molecular complexity index is 358. The molecule has 0 radical (unpaired) electrons. The van der Waals surface area contributed by atoms with E-state index >= 15 is 0 Å². The van der Waals surface area contributed by atoms with E-state index < -0.39 is 0 Å². The molecule has 1 rings (SSSR count). The number of rotatable bonds is 4. The van der Waals surface area contributed by atoms with Gasteiger partial charge >= 0.3 is 0 Å². The van der Waals surface area contributed by atoms with Gasteiger partial charge in [0.15, 0.2) is 5.13 Å². The number of hydrogen-bond donors (Lipinski definition) is 0. The van der Waals surface area contributed by atoms with Crippen LogP contribution < -0.4 is 4.90 Å². The van der Waals surface area contributed by atoms with Gasteiger partial charge in [-0.25, -0.2) is 4.98 Å². The zero-order valence-electron chi connectivity index (χ0n) is 9.74. The van der Waals surface area contributed by atoms with Crippen molar-refractivity contribution in [3.63, 3.8) is 0 Å². The van der Waals surface area contributed by atoms with Crippen LogP contribution in [0.4, 0.5) is 5.13 Å². The zero-order chi connectivity index (χ0) is 11.4. The van der Waals surface area contributed by atoms with Gasteiger partial charge in [-0.05, 0) is 19.8 Å². The second kappa shape index (κ2) is 5.13. The van der Waals surface area contributed by atoms with Crippen molar-refractivity contribution in [3.05, 3.63) is 10.6 Å². The van der Waals surface area contributed by atoms with E-state index in [1.807, 2.05) is 0 Å². The lowest BCUT2D eigenvalue weighted by Crippen LogP contribution is -2.21. The molecule has 0 saturated carbocycles. The third kappa shape index (κ3) is 2.48. The van der Waals surface area contributed by atoms with E-state index in [4.69, 9.17) is 5.26 Å². The molecule has 82 valence electrons. The average Bonchev–Trinajstić information content (AvgIpc) is 2.64. The smallest absolute Gasteiger partial charge is 0.186 e. The summed E-state index contributed by atoms with van der Waals surface area (Å²) in [5, 5.41) is 9.98. The molecule has 0 spiro atoms. The fraction of sp³-hybridized carbons (Fsp3) is 0.636. The Morgan fingerprint density at radius 3 is 2.33 bits per heavy atom. The van der Waals surface area contributed by atoms with Crippen molar-refractivity contribution in [2.24, 2.45) is 0 Å². The molecule has 1 aromatic rings. The highest BCUT2D eigenvalue weighted by Gasteiger charge is 2.16. The van der Waals surface area contributed by atoms with Gasteiger partial charge in [0.05, 0.1) is 5.69 Å². The maximum absolute atomic E-state index is 9.01. The summed E-state index contributed by atoms with van der Waals surface area (Å²) in [6.07, 6.45) is 0. The molecule has 0 aliphatic rings. The Morgan fingerprint density at radius 1 is 1.40 bits per heavy atom. The number of thiazole rings is 1. The lowest BCUT2D eigenvalue weighted by molar-refractivity contribution is 0.809. The van der Waals surface area contributed by atoms with Crippen molar-refractivity contribution in [2.45, 2.75) is 33.6 Å². The Hall–Kier alpha value is -1.08. The van der Waals surface area contributed by atoms with Crippen LogP contribution in [-0.4, -0.2) is 18.1 Å². The van der Waals surface area contributed by atoms with E-state index in [9.17, 15) is 0 Å². The van der Waals surface area contributed by atoms with Crippen molar-refractivity contribution >= 4 is 16.5 Å². The largest absolute Gasteiger partial charge is 0.349 e. The minimum absolute atomic E-state index is 0.320. The number of aromatic nitrogens is 1. The van der Waals surface area contributed by atoms with Crippen LogP contribution in [0.3, 0.4) is 0 Å². The van der Waals surface area contributed by atoms with Crippen LogP contribution in [0.5, 0.6) is 0 Å². The minimum Gasteiger partial charge on any atom is -0.349 e. The third-order valence-corrected chi connectivity index (χ3v) is 3.36. The summed E-state index contributed by atoms with van der Waals surface area (Å²) < 4.78 is 0. The number of anilines is 1. The highest BCUT2D eigenvalue weighted by atomic mass is 32.1. The highest BCUT2D eigenvalue weighted by molar-refractivity contribution is 7.16. The molecular weight excluding hydrogens is 206 g/mol. The molecule has 0 N–H and O–H groups in total. The number of nitriles is 1. The summed E-state index contributed by atoms with van der Waals surface area (Å²) in [4.78, 5) is 7.48. The first-order valence-corrected chi connectivity index (χ1v) is 6.11. The Morgan fingerprint density at radius 2 is 2.00 bits per heavy atom. The van der Waals surface area contributed by atoms with Crippen molar-refractivity contribution in [1.82, 2.24) is 4.98 Å². The van der Waals surface area contributed by atoms with E-state index in [-0.39, 0.29) is 0 Å². The van der Waals surface area contributed by atoms with Crippen LogP contribution in [0.15, 0.2) is 0 Å². The van der Waals surface area contributed by atoms with E-state index in [0.717, 1.165) is 28.8 Å². The lowest BCUT2D eigenvalue weighted by Gasteiger charge is -2.16. The first kappa shape index (κ1) is 12.0. The molecule has 3 nitrogen and oxygen atoms in total. The Labute approximate surface area is 95.4 Å². The Balaban J connectivity index is 3.08. The quantitative estimate of drug-likeness (QED) is 0.787. The van der Waals surface area contributed by atoms with Crippen molar-refractivity contribution in [1.29, 1.82) is 5.26 Å². The van der Waals surface area contributed by atoms with Crippen LogP contribution in [0.25, 0.3) is 0 Å². The van der Waals surface area contributed by atoms with Crippen molar-refractivity contribution < 1.29 is 0 Å². The molecule has 0 aliphatic heterocycles. The first-order valence-electron chi connectivity index (χ1n) is 5.29. The second-order valence-corrected chi connectivity index (χ2v) is 4.63. The molecule has 0 atom stereocenters. The maximum Gasteiger partial charge on any atom is 0.186 e. The van der Waals surface area contributed by atoms with Crippen LogP contribution in [0, 0.1) is 11.3 Å². The van der Waals surface area contributed by atoms with Crippen molar-refractivity contribution in [3.8, 4) is 6.07 Å². The summed E-state index contributed by atoms with van der Waals surface area (Å²) in [7, 11) is 0. The molecule has 0 amide bonds. The van der Waals surface area contributed by atoms with Crippen LogP contribution >= 0.6 is 11.3 Å². The second-order valence-electron chi connectivity index (χ2n) is 3.65. The fourth-order valence-corrected chi connectivity index (χ4v) is 2.57. The fourth-order valence-electron chi connectivity index (χ4n) is 1.42. The average molecular weight is 223 g/mol. The summed E-state index contributed by atoms with van der Waals surface area (Å²) in [6, 6.07) is 2.23. The molecule has 0 aromatic carbocycles. The van der Waals surface area contributed by atoms with Gasteiger partial charge in [-0.2, -0.15) is 5.26 Å². The van der Waals surface area contributed by atoms with Gasteiger partial charge in [0, 0.05) is 13.1 Å². The van der Waals surface area contributed by atoms with Crippen molar-refractivity contribution in [2.75, 3.05) is 18.0 Å². The van der Waals surface area contributed by atoms with Gasteiger partial charge in [0.2, 0.25) is 0 Å². The van der Waals surface area contributed by atoms with Gasteiger partial charge in [0.1, 0.15) is 10.9 Å². The number of nitrogens with zero attached hydrogens (tertiary/aromatic N) is 3. The highest BCUT2D eigenvalue weighted by Crippen LogP contribution is 2.29. The predicted octanol–water partition coefficient (Wildman–Crippen LogP) is 2.98. The van der Waals surface area contributed by atoms with Crippen LogP contribution in [0.1, 0.15) is 44.2 Å².